The fourth-order valence-corrected chi connectivity index (χ4v) is 4.75. The molecule has 4 rings (SSSR count). The molecule has 0 aliphatic carbocycles. The number of benzene rings is 2. The Morgan fingerprint density at radius 3 is 2.26 bits per heavy atom. The summed E-state index contributed by atoms with van der Waals surface area (Å²) in [6.45, 7) is 6.26. The molecule has 1 aliphatic rings. The van der Waals surface area contributed by atoms with Crippen LogP contribution in [0.4, 0.5) is 8.78 Å². The molecule has 1 aliphatic heterocycles. The molecular formula is C31H43F2N3O2. The molecule has 1 saturated heterocycles. The van der Waals surface area contributed by atoms with Crippen LogP contribution in [0.1, 0.15) is 81.5 Å². The molecule has 1 fully saturated rings. The van der Waals surface area contributed by atoms with E-state index in [-0.39, 0.29) is 18.4 Å². The van der Waals surface area contributed by atoms with E-state index in [4.69, 9.17) is 5.11 Å². The number of hydrogen-bond donors (Lipinski definition) is 2. The van der Waals surface area contributed by atoms with Crippen LogP contribution in [0.15, 0.2) is 48.5 Å². The van der Waals surface area contributed by atoms with Crippen molar-refractivity contribution in [1.29, 1.82) is 0 Å². The van der Waals surface area contributed by atoms with Crippen LogP contribution in [0.2, 0.25) is 0 Å². The Bertz CT molecular complexity index is 1130. The lowest BCUT2D eigenvalue weighted by atomic mass is 10.1. The smallest absolute Gasteiger partial charge is 0.335 e. The molecule has 3 aromatic rings. The second-order valence-corrected chi connectivity index (χ2v) is 10.3. The third kappa shape index (κ3) is 10.3. The van der Waals surface area contributed by atoms with Gasteiger partial charge in [0.05, 0.1) is 16.6 Å². The number of aromatic nitrogens is 1. The van der Waals surface area contributed by atoms with E-state index in [2.05, 4.69) is 22.1 Å². The van der Waals surface area contributed by atoms with Crippen LogP contribution in [0.25, 0.3) is 21.8 Å². The molecule has 2 N–H and O–H groups in total. The molecule has 0 unspecified atom stereocenters. The summed E-state index contributed by atoms with van der Waals surface area (Å²) in [5.74, 6) is -3.34. The van der Waals surface area contributed by atoms with E-state index >= 15 is 0 Å². The first-order chi connectivity index (χ1) is 18.4. The number of carboxylic acid groups (broad SMARTS) is 1. The number of hydrogen-bond acceptors (Lipinski definition) is 4. The average Bonchev–Trinajstić information content (AvgIpc) is 2.91. The van der Waals surface area contributed by atoms with E-state index in [1.807, 2.05) is 30.3 Å². The molecule has 0 amide bonds. The van der Waals surface area contributed by atoms with Crippen molar-refractivity contribution in [3.8, 4) is 0 Å². The van der Waals surface area contributed by atoms with Crippen molar-refractivity contribution in [2.75, 3.05) is 32.7 Å². The number of rotatable bonds is 13. The first-order valence-corrected chi connectivity index (χ1v) is 14.2. The summed E-state index contributed by atoms with van der Waals surface area (Å²) in [6.07, 6.45) is 10.8. The molecule has 7 heteroatoms. The summed E-state index contributed by atoms with van der Waals surface area (Å²) in [5, 5.41) is 14.4. The van der Waals surface area contributed by atoms with Gasteiger partial charge in [-0.2, -0.15) is 0 Å². The first kappa shape index (κ1) is 29.9. The lowest BCUT2D eigenvalue weighted by molar-refractivity contribution is -0.0547. The van der Waals surface area contributed by atoms with Crippen LogP contribution >= 0.6 is 0 Å². The number of aromatic carboxylic acids is 1. The van der Waals surface area contributed by atoms with Crippen LogP contribution in [0.5, 0.6) is 0 Å². The number of piperidine rings is 1. The number of alkyl halides is 2. The predicted molar refractivity (Wildman–Crippen MR) is 152 cm³/mol. The number of para-hydroxylation sites is 1. The highest BCUT2D eigenvalue weighted by molar-refractivity contribution is 5.97. The second kappa shape index (κ2) is 15.7. The Morgan fingerprint density at radius 1 is 0.895 bits per heavy atom. The van der Waals surface area contributed by atoms with Gasteiger partial charge in [0.1, 0.15) is 0 Å². The first-order valence-electron chi connectivity index (χ1n) is 14.2. The maximum Gasteiger partial charge on any atom is 0.335 e. The maximum absolute atomic E-state index is 13.0. The van der Waals surface area contributed by atoms with Gasteiger partial charge in [0.2, 0.25) is 0 Å². The molecule has 0 saturated carbocycles. The van der Waals surface area contributed by atoms with Gasteiger partial charge in [0.15, 0.2) is 0 Å². The summed E-state index contributed by atoms with van der Waals surface area (Å²) < 4.78 is 26.0. The van der Waals surface area contributed by atoms with E-state index in [1.54, 1.807) is 18.2 Å². The predicted octanol–water partition coefficient (Wildman–Crippen LogP) is 7.53. The van der Waals surface area contributed by atoms with Crippen molar-refractivity contribution >= 4 is 27.8 Å². The van der Waals surface area contributed by atoms with Crippen molar-refractivity contribution in [1.82, 2.24) is 15.2 Å². The van der Waals surface area contributed by atoms with Gasteiger partial charge >= 0.3 is 5.97 Å². The van der Waals surface area contributed by atoms with Crippen molar-refractivity contribution in [3.63, 3.8) is 0 Å². The zero-order chi connectivity index (χ0) is 27.2. The maximum atomic E-state index is 13.0. The van der Waals surface area contributed by atoms with Gasteiger partial charge in [0.25, 0.3) is 5.92 Å². The molecule has 0 spiro atoms. The Kier molecular flexibility index (Phi) is 12.4. The SMILES string of the molecule is CCCCCCCCCCNCCN1CCC(F)(F)CC1.O=C(O)c1ccc2cc3ccccc3nc2c1. The minimum atomic E-state index is -2.42. The topological polar surface area (TPSA) is 65.5 Å². The van der Waals surface area contributed by atoms with Gasteiger partial charge < -0.3 is 15.3 Å². The normalized spacial score (nSPS) is 15.3. The summed E-state index contributed by atoms with van der Waals surface area (Å²) in [5.41, 5.74) is 1.85. The van der Waals surface area contributed by atoms with Crippen molar-refractivity contribution < 1.29 is 18.7 Å². The van der Waals surface area contributed by atoms with Crippen LogP contribution in [-0.4, -0.2) is 59.6 Å². The van der Waals surface area contributed by atoms with Crippen LogP contribution in [-0.2, 0) is 0 Å². The Hall–Kier alpha value is -2.64. The zero-order valence-corrected chi connectivity index (χ0v) is 22.7. The quantitative estimate of drug-likeness (QED) is 0.178. The van der Waals surface area contributed by atoms with Gasteiger partial charge in [-0.25, -0.2) is 18.6 Å². The van der Waals surface area contributed by atoms with Gasteiger partial charge in [0, 0.05) is 49.8 Å². The Morgan fingerprint density at radius 2 is 1.55 bits per heavy atom. The van der Waals surface area contributed by atoms with E-state index in [0.29, 0.717) is 18.6 Å². The lowest BCUT2D eigenvalue weighted by Gasteiger charge is -2.31. The lowest BCUT2D eigenvalue weighted by Crippen LogP contribution is -2.42. The molecular weight excluding hydrogens is 484 g/mol. The van der Waals surface area contributed by atoms with Gasteiger partial charge in [-0.1, -0.05) is 76.1 Å². The number of pyridine rings is 1. The second-order valence-electron chi connectivity index (χ2n) is 10.3. The fraction of sp³-hybridized carbons (Fsp3) is 0.548. The highest BCUT2D eigenvalue weighted by atomic mass is 19.3. The van der Waals surface area contributed by atoms with Crippen LogP contribution in [0.3, 0.4) is 0 Å². The molecule has 0 atom stereocenters. The average molecular weight is 528 g/mol. The number of likely N-dealkylation sites (tertiary alicyclic amines) is 1. The van der Waals surface area contributed by atoms with Gasteiger partial charge in [-0.3, -0.25) is 0 Å². The third-order valence-corrected chi connectivity index (χ3v) is 7.17. The molecule has 2 heterocycles. The monoisotopic (exact) mass is 527 g/mol. The molecule has 0 bridgehead atoms. The highest BCUT2D eigenvalue weighted by Crippen LogP contribution is 2.27. The molecule has 1 aromatic heterocycles. The van der Waals surface area contributed by atoms with E-state index in [9.17, 15) is 13.6 Å². The standard InChI is InChI=1S/C17H34F2N2.C14H9NO2/c1-2-3-4-5-6-7-8-9-12-20-13-16-21-14-10-17(18,19)11-15-21;16-14(17)11-6-5-10-7-9-3-1-2-4-12(9)15-13(10)8-11/h20H,2-16H2,1H3;1-8H,(H,16,17). The Balaban J connectivity index is 0.000000214. The summed E-state index contributed by atoms with van der Waals surface area (Å²) in [7, 11) is 0. The number of unbranched alkanes of at least 4 members (excludes halogenated alkanes) is 7. The number of carboxylic acids is 1. The summed E-state index contributed by atoms with van der Waals surface area (Å²) in [6, 6.07) is 14.8. The number of halogens is 2. The van der Waals surface area contributed by atoms with Gasteiger partial charge in [-0.05, 0) is 37.2 Å². The largest absolute Gasteiger partial charge is 0.478 e. The number of nitrogens with one attached hydrogen (secondary N) is 1. The van der Waals surface area contributed by atoms with Crippen LogP contribution in [0, 0.1) is 0 Å². The fourth-order valence-electron chi connectivity index (χ4n) is 4.75. The van der Waals surface area contributed by atoms with E-state index < -0.39 is 11.9 Å². The minimum Gasteiger partial charge on any atom is -0.478 e. The highest BCUT2D eigenvalue weighted by Gasteiger charge is 2.33. The third-order valence-electron chi connectivity index (χ3n) is 7.17. The van der Waals surface area contributed by atoms with Crippen molar-refractivity contribution in [3.05, 3.63) is 54.1 Å². The number of carbonyl (C=O) groups is 1. The molecule has 208 valence electrons. The number of fused-ring (bicyclic) bond motifs is 2. The van der Waals surface area contributed by atoms with Crippen molar-refractivity contribution in [2.24, 2.45) is 0 Å². The minimum absolute atomic E-state index is 0.0328. The van der Waals surface area contributed by atoms with E-state index in [0.717, 1.165) is 35.9 Å². The molecule has 0 radical (unpaired) electrons. The zero-order valence-electron chi connectivity index (χ0n) is 22.7. The number of nitrogens with zero attached hydrogens (tertiary/aromatic N) is 2. The van der Waals surface area contributed by atoms with Crippen LogP contribution < -0.4 is 5.32 Å². The summed E-state index contributed by atoms with van der Waals surface area (Å²) in [4.78, 5) is 17.5. The Labute approximate surface area is 225 Å². The van der Waals surface area contributed by atoms with Gasteiger partial charge in [-0.15, -0.1) is 0 Å². The molecule has 2 aromatic carbocycles. The molecule has 5 nitrogen and oxygen atoms in total. The summed E-state index contributed by atoms with van der Waals surface area (Å²) >= 11 is 0. The van der Waals surface area contributed by atoms with E-state index in [1.165, 1.54) is 51.4 Å². The van der Waals surface area contributed by atoms with Crippen molar-refractivity contribution in [2.45, 2.75) is 77.1 Å². The molecule has 38 heavy (non-hydrogen) atoms.